The predicted octanol–water partition coefficient (Wildman–Crippen LogP) is 25.7. The standard InChI is InChI=1S/C121H63N9O12S6.Pd/c1-8-22-143(131,132)47-29-41-42(30-48(47)144(133,134)23-9-2)116-125-114(41)123-112-39-21-18-37(28-40(39)113(122-112)124-115-43-31-49(145(135,136)24-10-3)50(146(137,138)25-11-4)32-44(43)117(126-115)128-119-46-34-52(148(141,142)27-13-6)51(147(139,140)26-12-5)33-45(46)118(127-116)129-119)15-14-36-16-19-38(20-17-36)111-121-109-103-97-87-75-67-59-55-53-54-57-61(59)69(75)79-73-65(57)66-58(54)62-60-56(53)64-63(55)71-77(67)85-91-81(71)82-72(64)78-68(60)76-70(62)80-74(66)84-83(73)95(89(79)97)105(109)106-96(84)90(80)98-88(76)94-86(78)92(82)100-99(91)107(101(103)93(85)87)120(121,35-130(111)7)108(100)102(94)104(98)110(106)121;/h14-21,28-34,111H,8-13,22-27,35H2,1-7H3;/q-2;+2/b15-14+;. The molecule has 0 amide bonds. The van der Waals surface area contributed by atoms with E-state index in [0.29, 0.717) is 16.3 Å². The fourth-order valence-corrected chi connectivity index (χ4v) is 46.9. The molecule has 0 radical (unpaired) electrons. The molecule has 33 aromatic carbocycles. The summed E-state index contributed by atoms with van der Waals surface area (Å²) in [5.41, 5.74) is 7.69. The SMILES string of the molecule is CCCS(=O)(=O)c1cc2c(cc1S(=O)(=O)CCC)-c1nc-2nc2[n-]c(nc3nc(nc4[n-]c(n1)c1cc(S(=O)(=O)CCC)c(S(=O)(=O)CCC)cc41)-c1cc(S(=O)(=O)CCC)c(S(=O)(=O)CCC)cc1-3)c1cc(/C=C/c3ccc(C4N(C)CC56c7c8c9c%10c%11c%12c(c%13c%14c5c5c7c7c%15c8c8c9c9c%11c%11c%16c%12c%12c%13c%13c%14c%14c5c5c7c7c%15c%15c8c8c9c%11c9c%11c%16c%12c%12c%13c%13c%14c5c5c7c7c%15c8c9c8c%11c%12c%13c5c78)C%1046)cc3)ccc21.[Pd+2]. The Bertz CT molecular complexity index is 13300. The second-order valence-electron chi connectivity index (χ2n) is 45.5. The molecule has 3 aliphatic heterocycles. The minimum absolute atomic E-state index is 0. The number of hydrogen-bond donors (Lipinski definition) is 0. The summed E-state index contributed by atoms with van der Waals surface area (Å²) >= 11 is 0. The monoisotopic (exact) mass is 2130 g/mol. The zero-order valence-corrected chi connectivity index (χ0v) is 86.1. The van der Waals surface area contributed by atoms with Crippen molar-refractivity contribution < 1.29 is 70.9 Å². The molecule has 0 N–H and O–H groups in total. The van der Waals surface area contributed by atoms with Crippen molar-refractivity contribution in [2.45, 2.75) is 126 Å². The Kier molecular flexibility index (Phi) is 11.9. The van der Waals surface area contributed by atoms with Gasteiger partial charge in [0.15, 0.2) is 59.0 Å². The van der Waals surface area contributed by atoms with Crippen molar-refractivity contribution in [1.29, 1.82) is 0 Å². The summed E-state index contributed by atoms with van der Waals surface area (Å²) < 4.78 is 178. The number of benzene rings is 23. The van der Waals surface area contributed by atoms with Crippen LogP contribution in [-0.2, 0) is 90.3 Å². The summed E-state index contributed by atoms with van der Waals surface area (Å²) in [5, 5.41) is 84.6. The van der Waals surface area contributed by atoms with E-state index in [0.717, 1.165) is 12.1 Å². The Morgan fingerprint density at radius 3 is 0.718 bits per heavy atom. The van der Waals surface area contributed by atoms with Crippen molar-refractivity contribution in [3.8, 4) is 45.6 Å². The Labute approximate surface area is 852 Å². The minimum Gasteiger partial charge on any atom is -0.357 e. The smallest absolute Gasteiger partial charge is 0.357 e. The van der Waals surface area contributed by atoms with Gasteiger partial charge in [-0.05, 0) is 439 Å². The molecule has 149 heavy (non-hydrogen) atoms. The molecule has 36 aromatic rings. The van der Waals surface area contributed by atoms with E-state index in [9.17, 15) is 50.5 Å². The summed E-state index contributed by atoms with van der Waals surface area (Å²) in [6.45, 7) is 10.8. The number of hydrogen-bond acceptors (Lipinski definition) is 19. The molecule has 28 heteroatoms. The number of aromatic nitrogens is 8. The summed E-state index contributed by atoms with van der Waals surface area (Å²) in [7, 11) is -24.0. The summed E-state index contributed by atoms with van der Waals surface area (Å²) in [6.07, 6.45) is 4.86. The van der Waals surface area contributed by atoms with Gasteiger partial charge in [-0.1, -0.05) is 90.1 Å². The number of sulfone groups is 6. The zero-order chi connectivity index (χ0) is 97.5. The Hall–Kier alpha value is -14.0. The average molecular weight is 2130 g/mol. The van der Waals surface area contributed by atoms with E-state index in [1.165, 1.54) is 85.1 Å². The van der Waals surface area contributed by atoms with Gasteiger partial charge < -0.3 is 29.9 Å². The van der Waals surface area contributed by atoms with Gasteiger partial charge in [0, 0.05) is 57.4 Å². The molecule has 3 aromatic heterocycles. The summed E-state index contributed by atoms with van der Waals surface area (Å²) in [5.74, 6) is -3.49. The first-order valence-electron chi connectivity index (χ1n) is 51.7. The summed E-state index contributed by atoms with van der Waals surface area (Å²) in [6, 6.07) is 22.3. The molecule has 710 valence electrons. The predicted molar refractivity (Wildman–Crippen MR) is 593 cm³/mol. The van der Waals surface area contributed by atoms with Crippen LogP contribution in [0.15, 0.2) is 108 Å². The maximum absolute atomic E-state index is 14.9. The Morgan fingerprint density at radius 1 is 0.262 bits per heavy atom. The molecule has 6 heterocycles. The summed E-state index contributed by atoms with van der Waals surface area (Å²) in [4.78, 5) is 40.8. The molecular formula is C121H63N9O12PdS6. The van der Waals surface area contributed by atoms with Gasteiger partial charge in [-0.3, -0.25) is 4.90 Å². The number of rotatable bonds is 21. The third kappa shape index (κ3) is 6.99. The van der Waals surface area contributed by atoms with Crippen LogP contribution in [0.2, 0.25) is 0 Å². The van der Waals surface area contributed by atoms with Crippen molar-refractivity contribution >= 4 is 406 Å². The van der Waals surface area contributed by atoms with Gasteiger partial charge in [0.25, 0.3) is 0 Å². The van der Waals surface area contributed by atoms with Crippen LogP contribution in [0.25, 0.3) is 393 Å². The van der Waals surface area contributed by atoms with Gasteiger partial charge in [-0.2, -0.15) is 0 Å². The van der Waals surface area contributed by atoms with E-state index in [1.54, 1.807) is 312 Å². The second-order valence-corrected chi connectivity index (χ2v) is 58.0. The van der Waals surface area contributed by atoms with Crippen molar-refractivity contribution in [2.75, 3.05) is 48.1 Å². The van der Waals surface area contributed by atoms with Gasteiger partial charge in [0.2, 0.25) is 0 Å². The fraction of sp³-hybridized carbons (Fsp3) is 0.190. The van der Waals surface area contributed by atoms with Crippen molar-refractivity contribution in [3.63, 3.8) is 0 Å². The Morgan fingerprint density at radius 2 is 0.470 bits per heavy atom. The maximum atomic E-state index is 14.9. The molecule has 21 nitrogen and oxygen atoms in total. The third-order valence-electron chi connectivity index (χ3n) is 39.4. The molecule has 2 spiro atoms. The molecule has 8 bridgehead atoms. The number of likely N-dealkylation sites (N-methyl/N-ethyl adjacent to an activating group) is 1. The average Bonchev–Trinajstić information content (AvgIpc) is 1.38. The molecule has 4 aliphatic carbocycles. The molecule has 1 atom stereocenters. The van der Waals surface area contributed by atoms with Gasteiger partial charge in [-0.15, -0.1) is 0 Å². The zero-order valence-electron chi connectivity index (χ0n) is 79.6. The van der Waals surface area contributed by atoms with E-state index in [-0.39, 0.29) is 144 Å². The topological polar surface area (TPSA) is 314 Å². The van der Waals surface area contributed by atoms with Crippen LogP contribution < -0.4 is 9.97 Å². The van der Waals surface area contributed by atoms with Gasteiger partial charge >= 0.3 is 20.4 Å². The van der Waals surface area contributed by atoms with E-state index >= 15 is 0 Å². The second kappa shape index (κ2) is 22.4. The minimum atomic E-state index is -4.43. The van der Waals surface area contributed by atoms with Crippen LogP contribution in [0.4, 0.5) is 0 Å². The van der Waals surface area contributed by atoms with E-state index < -0.39 is 134 Å². The van der Waals surface area contributed by atoms with Gasteiger partial charge in [0.05, 0.1) is 98.0 Å². The molecule has 7 aliphatic rings. The van der Waals surface area contributed by atoms with Gasteiger partial charge in [0.1, 0.15) is 0 Å². The van der Waals surface area contributed by atoms with Crippen LogP contribution in [0.3, 0.4) is 0 Å². The van der Waals surface area contributed by atoms with Gasteiger partial charge in [-0.25, -0.2) is 60.5 Å². The van der Waals surface area contributed by atoms with Crippen LogP contribution in [0.1, 0.15) is 125 Å². The normalized spacial score (nSPS) is 18.4. The number of fused-ring (bicyclic) bond motifs is 20. The fourth-order valence-electron chi connectivity index (χ4n) is 36.1. The van der Waals surface area contributed by atoms with Crippen molar-refractivity contribution in [3.05, 3.63) is 118 Å². The molecule has 1 fully saturated rings. The maximum Gasteiger partial charge on any atom is 2.00 e. The molecule has 43 rings (SSSR count). The van der Waals surface area contributed by atoms with Crippen LogP contribution in [0.5, 0.6) is 0 Å². The van der Waals surface area contributed by atoms with Crippen LogP contribution >= 0.6 is 0 Å². The molecule has 0 saturated carbocycles. The van der Waals surface area contributed by atoms with Crippen molar-refractivity contribution in [2.24, 2.45) is 0 Å². The van der Waals surface area contributed by atoms with E-state index in [2.05, 4.69) is 42.3 Å². The molecule has 1 unspecified atom stereocenters. The molecule has 1 saturated heterocycles. The first-order chi connectivity index (χ1) is 71.6. The number of nitrogens with zero attached hydrogens (tertiary/aromatic N) is 9. The van der Waals surface area contributed by atoms with E-state index in [4.69, 9.17) is 39.9 Å². The third-order valence-corrected chi connectivity index (χ3v) is 51.5. The first-order valence-corrected chi connectivity index (χ1v) is 61.6. The Balaban J connectivity index is 0.00000850. The van der Waals surface area contributed by atoms with E-state index in [1.807, 2.05) is 24.3 Å². The quantitative estimate of drug-likeness (QED) is 0.0366. The largest absolute Gasteiger partial charge is 2.00 e. The van der Waals surface area contributed by atoms with Crippen molar-refractivity contribution in [1.82, 2.24) is 44.8 Å². The number of likely N-dealkylation sites (tertiary alicyclic amines) is 1. The van der Waals surface area contributed by atoms with Crippen LogP contribution in [0, 0.1) is 0 Å². The molecular weight excluding hydrogens is 2070 g/mol. The first kappa shape index (κ1) is 79.1. The van der Waals surface area contributed by atoms with Crippen LogP contribution in [-0.4, -0.2) is 133 Å².